The Bertz CT molecular complexity index is 4440. The van der Waals surface area contributed by atoms with Crippen molar-refractivity contribution in [3.8, 4) is 51.2 Å². The van der Waals surface area contributed by atoms with Crippen LogP contribution < -0.4 is 4.74 Å². The Morgan fingerprint density at radius 1 is 0.324 bits per heavy atom. The summed E-state index contributed by atoms with van der Waals surface area (Å²) in [5.74, 6) is 2.46. The first-order valence-corrected chi connectivity index (χ1v) is 24.1. The Balaban J connectivity index is 0.894. The van der Waals surface area contributed by atoms with Crippen LogP contribution in [-0.2, 0) is 5.41 Å². The summed E-state index contributed by atoms with van der Waals surface area (Å²) in [7, 11) is 0. The molecule has 6 aromatic heterocycles. The molecule has 0 radical (unpaired) electrons. The lowest BCUT2D eigenvalue weighted by Crippen LogP contribution is -2.32. The SMILES string of the molecule is c1cnc(-n2c3ccccc3c3cc(-c4ccc5c(c4)Oc4cc(-n6c7ccccc7c7ccccc76)ccc4C54c5cccnc5-c5ncccc54)ccc32)c(-n2c3ccccc3c3ccccc32)c1. The number of benzene rings is 8. The van der Waals surface area contributed by atoms with Crippen molar-refractivity contribution in [2.24, 2.45) is 0 Å². The summed E-state index contributed by atoms with van der Waals surface area (Å²) in [6, 6.07) is 76.3. The third-order valence-corrected chi connectivity index (χ3v) is 15.3. The number of fused-ring (bicyclic) bond motifs is 18. The first-order chi connectivity index (χ1) is 35.2. The van der Waals surface area contributed by atoms with Gasteiger partial charge in [-0.2, -0.15) is 0 Å². The number of hydrogen-bond donors (Lipinski definition) is 0. The van der Waals surface area contributed by atoms with Crippen LogP contribution in [0, 0.1) is 0 Å². The lowest BCUT2D eigenvalue weighted by molar-refractivity contribution is 0.436. The quantitative estimate of drug-likeness (QED) is 0.176. The highest BCUT2D eigenvalue weighted by Crippen LogP contribution is 2.62. The van der Waals surface area contributed by atoms with Crippen molar-refractivity contribution >= 4 is 65.4 Å². The van der Waals surface area contributed by atoms with Gasteiger partial charge in [0.15, 0.2) is 5.82 Å². The van der Waals surface area contributed by atoms with Gasteiger partial charge in [0.1, 0.15) is 11.5 Å². The summed E-state index contributed by atoms with van der Waals surface area (Å²) in [4.78, 5) is 15.2. The second-order valence-corrected chi connectivity index (χ2v) is 18.7. The molecule has 0 amide bonds. The molecule has 0 unspecified atom stereocenters. The summed E-state index contributed by atoms with van der Waals surface area (Å²) in [6.45, 7) is 0. The van der Waals surface area contributed by atoms with Crippen molar-refractivity contribution in [3.63, 3.8) is 0 Å². The molecule has 7 heterocycles. The Morgan fingerprint density at radius 3 is 1.38 bits per heavy atom. The van der Waals surface area contributed by atoms with Gasteiger partial charge in [-0.05, 0) is 101 Å². The molecule has 1 aliphatic heterocycles. The van der Waals surface area contributed by atoms with Crippen LogP contribution in [0.4, 0.5) is 0 Å². The third-order valence-electron chi connectivity index (χ3n) is 15.3. The maximum atomic E-state index is 7.28. The standard InChI is InChI=1S/C64H38N6O/c1-6-21-52-42(14-1)43-15-2-7-22-53(43)68(52)41-29-31-49-60(38-41)71-59-37-40(27-30-48(59)64(49)50-19-11-33-65-61(50)62-51(64)20-12-34-66-62)39-28-32-57-47(36-39)46-18-5-10-25-56(46)70(57)63-58(26-13-35-67-63)69-54-23-8-3-16-44(54)45-17-4-9-24-55(45)69/h1-38H. The lowest BCUT2D eigenvalue weighted by Gasteiger charge is -2.39. The molecule has 7 heteroatoms. The van der Waals surface area contributed by atoms with Crippen LogP contribution >= 0.6 is 0 Å². The van der Waals surface area contributed by atoms with E-state index in [0.29, 0.717) is 0 Å². The van der Waals surface area contributed by atoms with Crippen molar-refractivity contribution in [1.82, 2.24) is 28.7 Å². The minimum atomic E-state index is -0.720. The summed E-state index contributed by atoms with van der Waals surface area (Å²) in [5.41, 5.74) is 16.3. The normalized spacial score (nSPS) is 13.3. The second-order valence-electron chi connectivity index (χ2n) is 18.7. The molecule has 330 valence electrons. The van der Waals surface area contributed by atoms with Crippen molar-refractivity contribution in [3.05, 3.63) is 253 Å². The van der Waals surface area contributed by atoms with E-state index in [1.807, 2.05) is 36.8 Å². The van der Waals surface area contributed by atoms with Gasteiger partial charge in [-0.15, -0.1) is 0 Å². The summed E-state index contributed by atoms with van der Waals surface area (Å²) < 4.78 is 14.3. The Kier molecular flexibility index (Phi) is 7.69. The number of rotatable bonds is 4. The van der Waals surface area contributed by atoms with Gasteiger partial charge < -0.3 is 13.9 Å². The molecular weight excluding hydrogens is 869 g/mol. The van der Waals surface area contributed by atoms with E-state index in [0.717, 1.165) is 117 Å². The van der Waals surface area contributed by atoms with Crippen LogP contribution in [0.15, 0.2) is 231 Å². The van der Waals surface area contributed by atoms with Crippen LogP contribution in [0.25, 0.3) is 105 Å². The largest absolute Gasteiger partial charge is 0.457 e. The molecule has 2 aliphatic rings. The van der Waals surface area contributed by atoms with E-state index in [-0.39, 0.29) is 0 Å². The molecule has 14 aromatic rings. The molecule has 7 nitrogen and oxygen atoms in total. The molecule has 8 aromatic carbocycles. The highest BCUT2D eigenvalue weighted by Gasteiger charge is 2.52. The molecule has 0 saturated heterocycles. The van der Waals surface area contributed by atoms with E-state index in [9.17, 15) is 0 Å². The smallest absolute Gasteiger partial charge is 0.162 e. The maximum absolute atomic E-state index is 7.28. The number of ether oxygens (including phenoxy) is 1. The number of aromatic nitrogens is 6. The van der Waals surface area contributed by atoms with Crippen LogP contribution in [0.5, 0.6) is 11.5 Å². The Morgan fingerprint density at radius 2 is 0.775 bits per heavy atom. The molecule has 1 spiro atoms. The zero-order chi connectivity index (χ0) is 46.4. The predicted molar refractivity (Wildman–Crippen MR) is 286 cm³/mol. The number of nitrogens with zero attached hydrogens (tertiary/aromatic N) is 6. The van der Waals surface area contributed by atoms with Crippen molar-refractivity contribution < 1.29 is 4.74 Å². The topological polar surface area (TPSA) is 62.7 Å². The highest BCUT2D eigenvalue weighted by atomic mass is 16.5. The van der Waals surface area contributed by atoms with E-state index in [1.54, 1.807) is 0 Å². The molecule has 0 saturated carbocycles. The van der Waals surface area contributed by atoms with Gasteiger partial charge in [-0.1, -0.05) is 127 Å². The first-order valence-electron chi connectivity index (χ1n) is 24.1. The number of pyridine rings is 3. The first kappa shape index (κ1) is 38.4. The fourth-order valence-electron chi connectivity index (χ4n) is 12.4. The zero-order valence-electron chi connectivity index (χ0n) is 38.0. The Labute approximate surface area is 406 Å². The van der Waals surface area contributed by atoms with Gasteiger partial charge in [0, 0.05) is 73.8 Å². The van der Waals surface area contributed by atoms with Gasteiger partial charge >= 0.3 is 0 Å². The van der Waals surface area contributed by atoms with Crippen LogP contribution in [-0.4, -0.2) is 28.7 Å². The van der Waals surface area contributed by atoms with E-state index in [4.69, 9.17) is 19.7 Å². The fraction of sp³-hybridized carbons (Fsp3) is 0.0156. The van der Waals surface area contributed by atoms with Gasteiger partial charge in [-0.3, -0.25) is 14.5 Å². The number of para-hydroxylation sites is 5. The van der Waals surface area contributed by atoms with Gasteiger partial charge in [0.2, 0.25) is 0 Å². The molecular formula is C64H38N6O. The monoisotopic (exact) mass is 906 g/mol. The van der Waals surface area contributed by atoms with Gasteiger partial charge in [0.05, 0.1) is 55.6 Å². The van der Waals surface area contributed by atoms with Crippen LogP contribution in [0.1, 0.15) is 22.3 Å². The molecule has 0 N–H and O–H groups in total. The minimum absolute atomic E-state index is 0.720. The van der Waals surface area contributed by atoms with Gasteiger partial charge in [0.25, 0.3) is 0 Å². The van der Waals surface area contributed by atoms with E-state index >= 15 is 0 Å². The summed E-state index contributed by atoms with van der Waals surface area (Å²) >= 11 is 0. The van der Waals surface area contributed by atoms with Crippen molar-refractivity contribution in [2.75, 3.05) is 0 Å². The molecule has 0 atom stereocenters. The minimum Gasteiger partial charge on any atom is -0.457 e. The third kappa shape index (κ3) is 5.08. The van der Waals surface area contributed by atoms with Gasteiger partial charge in [-0.25, -0.2) is 4.98 Å². The zero-order valence-corrected chi connectivity index (χ0v) is 38.0. The van der Waals surface area contributed by atoms with E-state index in [1.165, 1.54) is 21.5 Å². The molecule has 16 rings (SSSR count). The lowest BCUT2D eigenvalue weighted by atomic mass is 9.66. The molecule has 71 heavy (non-hydrogen) atoms. The van der Waals surface area contributed by atoms with Crippen LogP contribution in [0.2, 0.25) is 0 Å². The average Bonchev–Trinajstić information content (AvgIpc) is 4.15. The second kappa shape index (κ2) is 14.2. The molecule has 1 aliphatic carbocycles. The fourth-order valence-corrected chi connectivity index (χ4v) is 12.4. The summed E-state index contributed by atoms with van der Waals surface area (Å²) in [5, 5.41) is 7.16. The number of hydrogen-bond acceptors (Lipinski definition) is 4. The molecule has 0 bridgehead atoms. The Hall–Kier alpha value is -9.59. The van der Waals surface area contributed by atoms with E-state index < -0.39 is 5.41 Å². The molecule has 0 fully saturated rings. The maximum Gasteiger partial charge on any atom is 0.162 e. The average molecular weight is 907 g/mol. The summed E-state index contributed by atoms with van der Waals surface area (Å²) in [6.07, 6.45) is 5.65. The predicted octanol–water partition coefficient (Wildman–Crippen LogP) is 15.3. The van der Waals surface area contributed by atoms with E-state index in [2.05, 4.69) is 208 Å². The van der Waals surface area contributed by atoms with Crippen molar-refractivity contribution in [1.29, 1.82) is 0 Å². The van der Waals surface area contributed by atoms with Crippen molar-refractivity contribution in [2.45, 2.75) is 5.41 Å². The highest BCUT2D eigenvalue weighted by molar-refractivity contribution is 6.12. The van der Waals surface area contributed by atoms with Crippen LogP contribution in [0.3, 0.4) is 0 Å².